The first-order valence-corrected chi connectivity index (χ1v) is 7.48. The van der Waals surface area contributed by atoms with Crippen LogP contribution in [-0.2, 0) is 15.8 Å². The first-order valence-electron chi connectivity index (χ1n) is 7.48. The monoisotopic (exact) mass is 366 g/mol. The zero-order chi connectivity index (χ0) is 18.7. The maximum Gasteiger partial charge on any atom is 0.416 e. The van der Waals surface area contributed by atoms with Gasteiger partial charge in [-0.05, 0) is 36.4 Å². The summed E-state index contributed by atoms with van der Waals surface area (Å²) in [6.07, 6.45) is -4.94. The van der Waals surface area contributed by atoms with Gasteiger partial charge in [0, 0.05) is 17.4 Å². The van der Waals surface area contributed by atoms with E-state index in [1.54, 1.807) is 18.2 Å². The highest BCUT2D eigenvalue weighted by Crippen LogP contribution is 2.34. The number of ether oxygens (including phenoxy) is 2. The van der Waals surface area contributed by atoms with Crippen molar-refractivity contribution < 1.29 is 32.2 Å². The van der Waals surface area contributed by atoms with E-state index < -0.39 is 30.0 Å². The van der Waals surface area contributed by atoms with Crippen LogP contribution in [0.2, 0.25) is 0 Å². The summed E-state index contributed by atoms with van der Waals surface area (Å²) in [5.74, 6) is -0.184. The molecule has 0 unspecified atom stereocenters. The lowest BCUT2D eigenvalue weighted by Gasteiger charge is -2.09. The molecule has 136 valence electrons. The van der Waals surface area contributed by atoms with E-state index in [1.165, 1.54) is 0 Å². The average Bonchev–Trinajstić information content (AvgIpc) is 3.01. The number of anilines is 2. The topological polar surface area (TPSA) is 76.7 Å². The Labute approximate surface area is 145 Å². The van der Waals surface area contributed by atoms with Crippen molar-refractivity contribution in [3.05, 3.63) is 48.0 Å². The van der Waals surface area contributed by atoms with Gasteiger partial charge in [-0.1, -0.05) is 0 Å². The number of amides is 2. The minimum absolute atomic E-state index is 0.0995. The van der Waals surface area contributed by atoms with Gasteiger partial charge in [0.25, 0.3) is 0 Å². The zero-order valence-corrected chi connectivity index (χ0v) is 13.2. The van der Waals surface area contributed by atoms with Gasteiger partial charge in [0.15, 0.2) is 11.5 Å². The summed E-state index contributed by atoms with van der Waals surface area (Å²) in [6, 6.07) is 8.73. The molecule has 0 aliphatic carbocycles. The van der Waals surface area contributed by atoms with Crippen molar-refractivity contribution in [2.75, 3.05) is 17.4 Å². The molecule has 0 atom stereocenters. The molecule has 2 amide bonds. The van der Waals surface area contributed by atoms with Gasteiger partial charge < -0.3 is 20.1 Å². The Morgan fingerprint density at radius 3 is 2.12 bits per heavy atom. The van der Waals surface area contributed by atoms with Gasteiger partial charge in [-0.25, -0.2) is 0 Å². The molecule has 0 spiro atoms. The number of hydrogen-bond donors (Lipinski definition) is 2. The number of carbonyl (C=O) groups excluding carboxylic acids is 2. The fourth-order valence-corrected chi connectivity index (χ4v) is 2.27. The minimum Gasteiger partial charge on any atom is -0.454 e. The Morgan fingerprint density at radius 1 is 0.885 bits per heavy atom. The van der Waals surface area contributed by atoms with Crippen LogP contribution < -0.4 is 20.1 Å². The molecular weight excluding hydrogens is 353 g/mol. The molecule has 0 aromatic heterocycles. The van der Waals surface area contributed by atoms with Crippen LogP contribution in [0.1, 0.15) is 12.0 Å². The van der Waals surface area contributed by atoms with Crippen molar-refractivity contribution in [2.24, 2.45) is 0 Å². The molecule has 0 saturated carbocycles. The minimum atomic E-state index is -4.45. The number of halogens is 3. The first kappa shape index (κ1) is 17.6. The van der Waals surface area contributed by atoms with Crippen molar-refractivity contribution in [2.45, 2.75) is 12.6 Å². The Bertz CT molecular complexity index is 835. The quantitative estimate of drug-likeness (QED) is 0.813. The molecule has 9 heteroatoms. The first-order chi connectivity index (χ1) is 12.3. The maximum absolute atomic E-state index is 12.5. The molecule has 0 saturated heterocycles. The van der Waals surface area contributed by atoms with Crippen molar-refractivity contribution in [3.63, 3.8) is 0 Å². The van der Waals surface area contributed by atoms with E-state index >= 15 is 0 Å². The van der Waals surface area contributed by atoms with Crippen LogP contribution >= 0.6 is 0 Å². The summed E-state index contributed by atoms with van der Waals surface area (Å²) in [7, 11) is 0. The Kier molecular flexibility index (Phi) is 4.70. The third kappa shape index (κ3) is 4.24. The number of rotatable bonds is 4. The van der Waals surface area contributed by atoms with Crippen molar-refractivity contribution in [3.8, 4) is 11.5 Å². The number of carbonyl (C=O) groups is 2. The molecule has 1 aliphatic heterocycles. The van der Waals surface area contributed by atoms with Gasteiger partial charge in [0.05, 0.1) is 5.56 Å². The van der Waals surface area contributed by atoms with Gasteiger partial charge in [0.2, 0.25) is 18.6 Å². The molecule has 26 heavy (non-hydrogen) atoms. The maximum atomic E-state index is 12.5. The van der Waals surface area contributed by atoms with Crippen LogP contribution in [0.25, 0.3) is 0 Å². The normalized spacial score (nSPS) is 12.6. The lowest BCUT2D eigenvalue weighted by Crippen LogP contribution is -2.21. The number of hydrogen-bond acceptors (Lipinski definition) is 4. The van der Waals surface area contributed by atoms with Gasteiger partial charge in [-0.2, -0.15) is 13.2 Å². The lowest BCUT2D eigenvalue weighted by atomic mass is 10.2. The van der Waals surface area contributed by atoms with Gasteiger partial charge in [-0.3, -0.25) is 9.59 Å². The van der Waals surface area contributed by atoms with E-state index in [1.807, 2.05) is 0 Å². The predicted molar refractivity (Wildman–Crippen MR) is 85.9 cm³/mol. The van der Waals surface area contributed by atoms with Crippen molar-refractivity contribution in [1.82, 2.24) is 0 Å². The summed E-state index contributed by atoms with van der Waals surface area (Å²) in [5.41, 5.74) is -0.225. The standard InChI is InChI=1S/C17H13F3N2O4/c18-17(19,20)10-1-3-11(4-2-10)21-15(23)8-16(24)22-12-5-6-13-14(7-12)26-9-25-13/h1-7H,8-9H2,(H,21,23)(H,22,24). The molecule has 6 nitrogen and oxygen atoms in total. The fourth-order valence-electron chi connectivity index (χ4n) is 2.27. The zero-order valence-electron chi connectivity index (χ0n) is 13.2. The summed E-state index contributed by atoms with van der Waals surface area (Å²) in [6.45, 7) is 0.0995. The van der Waals surface area contributed by atoms with Gasteiger partial charge >= 0.3 is 6.18 Å². The lowest BCUT2D eigenvalue weighted by molar-refractivity contribution is -0.137. The highest BCUT2D eigenvalue weighted by atomic mass is 19.4. The second kappa shape index (κ2) is 6.95. The number of nitrogens with one attached hydrogen (secondary N) is 2. The van der Waals surface area contributed by atoms with E-state index in [-0.39, 0.29) is 12.5 Å². The summed E-state index contributed by atoms with van der Waals surface area (Å²) < 4.78 is 47.8. The van der Waals surface area contributed by atoms with E-state index in [2.05, 4.69) is 10.6 Å². The molecule has 0 bridgehead atoms. The number of alkyl halides is 3. The predicted octanol–water partition coefficient (Wildman–Crippen LogP) is 3.40. The van der Waals surface area contributed by atoms with Crippen molar-refractivity contribution in [1.29, 1.82) is 0 Å². The molecule has 2 aromatic carbocycles. The van der Waals surface area contributed by atoms with E-state index in [4.69, 9.17) is 9.47 Å². The van der Waals surface area contributed by atoms with E-state index in [0.717, 1.165) is 24.3 Å². The second-order valence-corrected chi connectivity index (χ2v) is 5.42. The molecular formula is C17H13F3N2O4. The molecule has 3 rings (SSSR count). The Hall–Kier alpha value is -3.23. The number of fused-ring (bicyclic) bond motifs is 1. The van der Waals surface area contributed by atoms with Crippen LogP contribution in [-0.4, -0.2) is 18.6 Å². The fraction of sp³-hybridized carbons (Fsp3) is 0.176. The van der Waals surface area contributed by atoms with Gasteiger partial charge in [0.1, 0.15) is 6.42 Å². The molecule has 2 N–H and O–H groups in total. The molecule has 2 aromatic rings. The van der Waals surface area contributed by atoms with Crippen LogP contribution in [0, 0.1) is 0 Å². The van der Waals surface area contributed by atoms with Crippen molar-refractivity contribution >= 4 is 23.2 Å². The second-order valence-electron chi connectivity index (χ2n) is 5.42. The molecule has 0 radical (unpaired) electrons. The molecule has 1 aliphatic rings. The van der Waals surface area contributed by atoms with Crippen LogP contribution in [0.3, 0.4) is 0 Å². The summed E-state index contributed by atoms with van der Waals surface area (Å²) >= 11 is 0. The van der Waals surface area contributed by atoms with Gasteiger partial charge in [-0.15, -0.1) is 0 Å². The van der Waals surface area contributed by atoms with E-state index in [0.29, 0.717) is 17.2 Å². The highest BCUT2D eigenvalue weighted by Gasteiger charge is 2.30. The molecule has 1 heterocycles. The summed E-state index contributed by atoms with van der Waals surface area (Å²) in [4.78, 5) is 23.7. The highest BCUT2D eigenvalue weighted by molar-refractivity contribution is 6.08. The van der Waals surface area contributed by atoms with Crippen LogP contribution in [0.15, 0.2) is 42.5 Å². The molecule has 0 fully saturated rings. The Balaban J connectivity index is 1.53. The largest absolute Gasteiger partial charge is 0.454 e. The number of benzene rings is 2. The van der Waals surface area contributed by atoms with Crippen LogP contribution in [0.4, 0.5) is 24.5 Å². The smallest absolute Gasteiger partial charge is 0.416 e. The third-order valence-corrected chi connectivity index (χ3v) is 3.47. The SMILES string of the molecule is O=C(CC(=O)Nc1ccc2c(c1)OCO2)Nc1ccc(C(F)(F)F)cc1. The summed E-state index contributed by atoms with van der Waals surface area (Å²) in [5, 5.41) is 4.90. The van der Waals surface area contributed by atoms with Crippen LogP contribution in [0.5, 0.6) is 11.5 Å². The third-order valence-electron chi connectivity index (χ3n) is 3.47. The Morgan fingerprint density at radius 2 is 1.46 bits per heavy atom. The van der Waals surface area contributed by atoms with E-state index in [9.17, 15) is 22.8 Å². The average molecular weight is 366 g/mol.